The van der Waals surface area contributed by atoms with E-state index in [9.17, 15) is 16.8 Å². The number of aryl methyl sites for hydroxylation is 1. The van der Waals surface area contributed by atoms with Crippen molar-refractivity contribution in [3.8, 4) is 5.69 Å². The fourth-order valence-corrected chi connectivity index (χ4v) is 4.64. The lowest BCUT2D eigenvalue weighted by Gasteiger charge is -2.10. The van der Waals surface area contributed by atoms with Crippen molar-refractivity contribution in [1.82, 2.24) is 9.78 Å². The number of hydrogen-bond acceptors (Lipinski definition) is 5. The Kier molecular flexibility index (Phi) is 4.83. The highest BCUT2D eigenvalue weighted by Gasteiger charge is 2.22. The molecule has 0 radical (unpaired) electrons. The average Bonchev–Trinajstić information content (AvgIpc) is 2.90. The van der Waals surface area contributed by atoms with E-state index in [2.05, 4.69) is 9.82 Å². The zero-order valence-electron chi connectivity index (χ0n) is 15.0. The van der Waals surface area contributed by atoms with Crippen molar-refractivity contribution in [3.63, 3.8) is 0 Å². The molecule has 0 saturated carbocycles. The molecular weight excluding hydrogens is 386 g/mol. The Balaban J connectivity index is 2.02. The van der Waals surface area contributed by atoms with Crippen LogP contribution < -0.4 is 4.72 Å². The van der Waals surface area contributed by atoms with Crippen LogP contribution in [0.1, 0.15) is 11.4 Å². The predicted molar refractivity (Wildman–Crippen MR) is 103 cm³/mol. The number of para-hydroxylation sites is 1. The van der Waals surface area contributed by atoms with Gasteiger partial charge in [0, 0.05) is 6.26 Å². The molecule has 142 valence electrons. The molecule has 27 heavy (non-hydrogen) atoms. The molecule has 0 bridgehead atoms. The first-order chi connectivity index (χ1) is 12.6. The Labute approximate surface area is 158 Å². The minimum atomic E-state index is -3.98. The van der Waals surface area contributed by atoms with Crippen molar-refractivity contribution in [3.05, 3.63) is 66.0 Å². The molecule has 0 fully saturated rings. The molecule has 0 aliphatic carbocycles. The maximum atomic E-state index is 12.8. The molecule has 0 aliphatic heterocycles. The van der Waals surface area contributed by atoms with Gasteiger partial charge in [-0.3, -0.25) is 4.72 Å². The number of sulfonamides is 1. The maximum Gasteiger partial charge on any atom is 0.262 e. The zero-order valence-corrected chi connectivity index (χ0v) is 16.7. The molecule has 0 amide bonds. The fraction of sp³-hybridized carbons (Fsp3) is 0.167. The van der Waals surface area contributed by atoms with Crippen LogP contribution in [0.5, 0.6) is 0 Å². The number of benzene rings is 2. The molecule has 1 aromatic heterocycles. The van der Waals surface area contributed by atoms with Crippen LogP contribution in [0.25, 0.3) is 5.69 Å². The molecule has 1 heterocycles. The molecule has 1 N–H and O–H groups in total. The largest absolute Gasteiger partial charge is 0.276 e. The van der Waals surface area contributed by atoms with Gasteiger partial charge in [0.05, 0.1) is 32.6 Å². The number of sulfone groups is 1. The summed E-state index contributed by atoms with van der Waals surface area (Å²) in [5.41, 5.74) is 2.31. The second kappa shape index (κ2) is 6.82. The monoisotopic (exact) mass is 405 g/mol. The van der Waals surface area contributed by atoms with E-state index in [4.69, 9.17) is 0 Å². The van der Waals surface area contributed by atoms with E-state index in [-0.39, 0.29) is 9.79 Å². The van der Waals surface area contributed by atoms with Crippen molar-refractivity contribution in [2.24, 2.45) is 0 Å². The van der Waals surface area contributed by atoms with Gasteiger partial charge in [-0.1, -0.05) is 24.3 Å². The summed E-state index contributed by atoms with van der Waals surface area (Å²) in [6.07, 6.45) is 1.03. The number of hydrogen-bond donors (Lipinski definition) is 1. The van der Waals surface area contributed by atoms with Crippen LogP contribution in [0.2, 0.25) is 0 Å². The number of nitrogens with one attached hydrogen (secondary N) is 1. The maximum absolute atomic E-state index is 12.8. The number of rotatable bonds is 5. The van der Waals surface area contributed by atoms with Crippen LogP contribution in [0, 0.1) is 13.8 Å². The second-order valence-electron chi connectivity index (χ2n) is 6.15. The molecule has 3 aromatic rings. The summed E-state index contributed by atoms with van der Waals surface area (Å²) >= 11 is 0. The lowest BCUT2D eigenvalue weighted by Crippen LogP contribution is -2.15. The third-order valence-corrected chi connectivity index (χ3v) is 6.53. The van der Waals surface area contributed by atoms with Gasteiger partial charge in [0.2, 0.25) is 0 Å². The molecule has 0 unspecified atom stereocenters. The van der Waals surface area contributed by atoms with Gasteiger partial charge in [-0.25, -0.2) is 21.5 Å². The average molecular weight is 406 g/mol. The molecule has 3 rings (SSSR count). The minimum Gasteiger partial charge on any atom is -0.276 e. The van der Waals surface area contributed by atoms with E-state index in [0.29, 0.717) is 17.1 Å². The Morgan fingerprint density at radius 1 is 0.889 bits per heavy atom. The van der Waals surface area contributed by atoms with Crippen molar-refractivity contribution >= 4 is 25.5 Å². The third-order valence-electron chi connectivity index (χ3n) is 4.07. The Morgan fingerprint density at radius 2 is 1.52 bits per heavy atom. The van der Waals surface area contributed by atoms with Crippen LogP contribution in [-0.4, -0.2) is 32.9 Å². The number of aromatic nitrogens is 2. The van der Waals surface area contributed by atoms with Gasteiger partial charge in [-0.05, 0) is 44.2 Å². The van der Waals surface area contributed by atoms with Crippen LogP contribution in [0.4, 0.5) is 5.69 Å². The molecule has 0 saturated heterocycles. The summed E-state index contributed by atoms with van der Waals surface area (Å²) in [4.78, 5) is -0.185. The van der Waals surface area contributed by atoms with E-state index in [1.54, 1.807) is 18.5 Å². The summed E-state index contributed by atoms with van der Waals surface area (Å²) in [7, 11) is -7.49. The van der Waals surface area contributed by atoms with Crippen molar-refractivity contribution in [2.75, 3.05) is 11.0 Å². The Hall–Kier alpha value is -2.65. The van der Waals surface area contributed by atoms with Crippen LogP contribution >= 0.6 is 0 Å². The first-order valence-electron chi connectivity index (χ1n) is 8.04. The van der Waals surface area contributed by atoms with Crippen LogP contribution in [-0.2, 0) is 19.9 Å². The smallest absolute Gasteiger partial charge is 0.262 e. The molecule has 0 aliphatic rings. The van der Waals surface area contributed by atoms with Gasteiger partial charge in [0.1, 0.15) is 0 Å². The van der Waals surface area contributed by atoms with Gasteiger partial charge in [-0.2, -0.15) is 5.10 Å². The highest BCUT2D eigenvalue weighted by atomic mass is 32.2. The third kappa shape index (κ3) is 3.88. The Morgan fingerprint density at radius 3 is 2.15 bits per heavy atom. The minimum absolute atomic E-state index is 0.0567. The second-order valence-corrected chi connectivity index (χ2v) is 9.84. The number of anilines is 1. The van der Waals surface area contributed by atoms with E-state index in [1.165, 1.54) is 18.2 Å². The normalized spacial score (nSPS) is 12.1. The van der Waals surface area contributed by atoms with Crippen molar-refractivity contribution in [1.29, 1.82) is 0 Å². The van der Waals surface area contributed by atoms with E-state index < -0.39 is 19.9 Å². The molecule has 2 aromatic carbocycles. The van der Waals surface area contributed by atoms with Gasteiger partial charge >= 0.3 is 0 Å². The lowest BCUT2D eigenvalue weighted by molar-refractivity contribution is 0.599. The van der Waals surface area contributed by atoms with Gasteiger partial charge < -0.3 is 0 Å². The quantitative estimate of drug-likeness (QED) is 0.704. The predicted octanol–water partition coefficient (Wildman–Crippen LogP) is 2.69. The lowest BCUT2D eigenvalue weighted by atomic mass is 10.3. The summed E-state index contributed by atoms with van der Waals surface area (Å²) in [6.45, 7) is 3.47. The molecule has 0 atom stereocenters. The molecular formula is C18H19N3O4S2. The van der Waals surface area contributed by atoms with Gasteiger partial charge in [0.15, 0.2) is 9.84 Å². The van der Waals surface area contributed by atoms with E-state index in [0.717, 1.165) is 18.0 Å². The van der Waals surface area contributed by atoms with E-state index >= 15 is 0 Å². The van der Waals surface area contributed by atoms with E-state index in [1.807, 2.05) is 30.3 Å². The standard InChI is InChI=1S/C18H19N3O4S2/c1-13-18(14(2)21(19-13)15-8-5-4-6-9-15)20-27(24,25)17-11-7-10-16(12-17)26(3,22)23/h4-12,20H,1-3H3. The summed E-state index contributed by atoms with van der Waals surface area (Å²) in [5.74, 6) is 0. The van der Waals surface area contributed by atoms with Crippen molar-refractivity contribution in [2.45, 2.75) is 23.6 Å². The fourth-order valence-electron chi connectivity index (χ4n) is 2.68. The molecule has 9 heteroatoms. The number of nitrogens with zero attached hydrogens (tertiary/aromatic N) is 2. The highest BCUT2D eigenvalue weighted by molar-refractivity contribution is 7.93. The first kappa shape index (κ1) is 19.1. The first-order valence-corrected chi connectivity index (χ1v) is 11.4. The SMILES string of the molecule is Cc1nn(-c2ccccc2)c(C)c1NS(=O)(=O)c1cccc(S(C)(=O)=O)c1. The van der Waals surface area contributed by atoms with Crippen LogP contribution in [0.3, 0.4) is 0 Å². The Bertz CT molecular complexity index is 1200. The van der Waals surface area contributed by atoms with Crippen molar-refractivity contribution < 1.29 is 16.8 Å². The summed E-state index contributed by atoms with van der Waals surface area (Å²) < 4.78 is 53.2. The summed E-state index contributed by atoms with van der Waals surface area (Å²) in [6, 6.07) is 14.6. The van der Waals surface area contributed by atoms with Crippen LogP contribution in [0.15, 0.2) is 64.4 Å². The highest BCUT2D eigenvalue weighted by Crippen LogP contribution is 2.26. The topological polar surface area (TPSA) is 98.1 Å². The van der Waals surface area contributed by atoms with Gasteiger partial charge in [0.25, 0.3) is 10.0 Å². The van der Waals surface area contributed by atoms with Gasteiger partial charge in [-0.15, -0.1) is 0 Å². The zero-order chi connectivity index (χ0) is 19.8. The molecule has 7 nitrogen and oxygen atoms in total. The molecule has 0 spiro atoms. The summed E-state index contributed by atoms with van der Waals surface area (Å²) in [5, 5.41) is 4.41.